The molecule has 7 aromatic carbocycles. The largest absolute Gasteiger partial charge is 0.372 e. The van der Waals surface area contributed by atoms with Crippen molar-refractivity contribution in [1.82, 2.24) is 0 Å². The molecule has 0 bridgehead atoms. The average Bonchev–Trinajstić information content (AvgIpc) is 3.14. The van der Waals surface area contributed by atoms with Crippen molar-refractivity contribution in [3.8, 4) is 0 Å². The number of hydrogen-bond donors (Lipinski definition) is 2. The molecular formula is C44H35N3. The van der Waals surface area contributed by atoms with Gasteiger partial charge in [0.15, 0.2) is 0 Å². The van der Waals surface area contributed by atoms with Crippen LogP contribution >= 0.6 is 0 Å². The molecular weight excluding hydrogens is 571 g/mol. The molecule has 1 unspecified atom stereocenters. The van der Waals surface area contributed by atoms with Gasteiger partial charge in [-0.05, 0) is 88.8 Å². The topological polar surface area (TPSA) is 27.3 Å². The predicted molar refractivity (Wildman–Crippen MR) is 200 cm³/mol. The second-order valence-corrected chi connectivity index (χ2v) is 12.0. The summed E-state index contributed by atoms with van der Waals surface area (Å²) in [5.74, 6) is 0. The van der Waals surface area contributed by atoms with E-state index in [1.807, 2.05) is 6.07 Å². The third kappa shape index (κ3) is 5.64. The van der Waals surface area contributed by atoms with Crippen LogP contribution in [0.3, 0.4) is 0 Å². The summed E-state index contributed by atoms with van der Waals surface area (Å²) in [6.45, 7) is 0. The van der Waals surface area contributed by atoms with Crippen molar-refractivity contribution in [2.75, 3.05) is 15.5 Å². The molecule has 0 amide bonds. The molecule has 47 heavy (non-hydrogen) atoms. The van der Waals surface area contributed by atoms with Gasteiger partial charge in [-0.25, -0.2) is 0 Å². The van der Waals surface area contributed by atoms with E-state index in [2.05, 4.69) is 198 Å². The minimum absolute atomic E-state index is 0.432. The highest BCUT2D eigenvalue weighted by molar-refractivity contribution is 5.99. The van der Waals surface area contributed by atoms with Crippen molar-refractivity contribution in [2.24, 2.45) is 0 Å². The van der Waals surface area contributed by atoms with Gasteiger partial charge in [0.25, 0.3) is 0 Å². The van der Waals surface area contributed by atoms with Crippen LogP contribution in [0, 0.1) is 0 Å². The van der Waals surface area contributed by atoms with E-state index in [9.17, 15) is 0 Å². The Morgan fingerprint density at radius 1 is 0.489 bits per heavy atom. The zero-order chi connectivity index (χ0) is 31.5. The molecule has 7 aromatic rings. The first kappa shape index (κ1) is 28.4. The fourth-order valence-electron chi connectivity index (χ4n) is 6.75. The predicted octanol–water partition coefficient (Wildman–Crippen LogP) is 11.7. The van der Waals surface area contributed by atoms with Gasteiger partial charge in [0.2, 0.25) is 0 Å². The van der Waals surface area contributed by atoms with Crippen LogP contribution in [0.5, 0.6) is 0 Å². The highest BCUT2D eigenvalue weighted by Crippen LogP contribution is 2.42. The van der Waals surface area contributed by atoms with E-state index < -0.39 is 5.54 Å². The number of fused-ring (bicyclic) bond motifs is 2. The smallest absolute Gasteiger partial charge is 0.0854 e. The maximum absolute atomic E-state index is 3.98. The Bertz CT molecular complexity index is 2210. The van der Waals surface area contributed by atoms with E-state index in [1.165, 1.54) is 27.1 Å². The summed E-state index contributed by atoms with van der Waals surface area (Å²) in [7, 11) is 0. The SMILES string of the molecule is C1=CC(Nc2ccc(N(c3ccccc3)c3cccc4ccccc34)cc2)(c2cccc3ccccc23)CC=C1Nc1ccccc1. The summed E-state index contributed by atoms with van der Waals surface area (Å²) in [5.41, 5.74) is 7.44. The first-order valence-electron chi connectivity index (χ1n) is 16.2. The first-order chi connectivity index (χ1) is 23.3. The van der Waals surface area contributed by atoms with Crippen LogP contribution in [-0.2, 0) is 5.54 Å². The number of para-hydroxylation sites is 2. The van der Waals surface area contributed by atoms with Crippen molar-refractivity contribution < 1.29 is 0 Å². The molecule has 2 N–H and O–H groups in total. The van der Waals surface area contributed by atoms with Crippen molar-refractivity contribution >= 4 is 50.0 Å². The summed E-state index contributed by atoms with van der Waals surface area (Å²) in [6.07, 6.45) is 7.62. The fraction of sp³-hybridized carbons (Fsp3) is 0.0455. The number of nitrogens with one attached hydrogen (secondary N) is 2. The Kier molecular flexibility index (Phi) is 7.49. The van der Waals surface area contributed by atoms with Gasteiger partial charge in [-0.1, -0.05) is 127 Å². The van der Waals surface area contributed by atoms with Crippen LogP contribution in [0.15, 0.2) is 194 Å². The third-order valence-electron chi connectivity index (χ3n) is 9.04. The lowest BCUT2D eigenvalue weighted by Crippen LogP contribution is -2.34. The Morgan fingerprint density at radius 2 is 1.09 bits per heavy atom. The fourth-order valence-corrected chi connectivity index (χ4v) is 6.75. The van der Waals surface area contributed by atoms with Crippen LogP contribution < -0.4 is 15.5 Å². The Morgan fingerprint density at radius 3 is 1.81 bits per heavy atom. The standard InChI is InChI=1S/C44H35N3/c1-3-17-35(18-4-1)45-36-29-31-44(32-30-36,42-23-11-15-33-13-7-9-21-40(33)42)46-37-25-27-39(28-26-37)47(38-19-5-2-6-20-38)43-24-12-16-34-14-8-10-22-41(34)43/h1-31,45-46H,32H2. The molecule has 0 saturated heterocycles. The van der Waals surface area contributed by atoms with Gasteiger partial charge >= 0.3 is 0 Å². The van der Waals surface area contributed by atoms with E-state index in [0.717, 1.165) is 40.6 Å². The van der Waals surface area contributed by atoms with Gasteiger partial charge in [-0.3, -0.25) is 0 Å². The molecule has 0 heterocycles. The molecule has 226 valence electrons. The molecule has 1 atom stereocenters. The first-order valence-corrected chi connectivity index (χ1v) is 16.2. The van der Waals surface area contributed by atoms with E-state index >= 15 is 0 Å². The Hall–Kier alpha value is -6.06. The van der Waals surface area contributed by atoms with Gasteiger partial charge in [0.1, 0.15) is 0 Å². The summed E-state index contributed by atoms with van der Waals surface area (Å²) in [6, 6.07) is 60.2. The molecule has 0 spiro atoms. The molecule has 3 heteroatoms. The number of hydrogen-bond acceptors (Lipinski definition) is 3. The normalized spacial score (nSPS) is 15.7. The van der Waals surface area contributed by atoms with Gasteiger partial charge in [-0.2, -0.15) is 0 Å². The molecule has 8 rings (SSSR count). The van der Waals surface area contributed by atoms with E-state index in [1.54, 1.807) is 0 Å². The highest BCUT2D eigenvalue weighted by Gasteiger charge is 2.32. The molecule has 1 aliphatic rings. The lowest BCUT2D eigenvalue weighted by Gasteiger charge is -2.36. The van der Waals surface area contributed by atoms with Crippen molar-refractivity contribution in [3.05, 3.63) is 199 Å². The summed E-state index contributed by atoms with van der Waals surface area (Å²) in [5, 5.41) is 12.5. The molecule has 3 nitrogen and oxygen atoms in total. The number of benzene rings is 7. The summed E-state index contributed by atoms with van der Waals surface area (Å²) < 4.78 is 0. The zero-order valence-electron chi connectivity index (χ0n) is 26.1. The van der Waals surface area contributed by atoms with Crippen molar-refractivity contribution in [1.29, 1.82) is 0 Å². The monoisotopic (exact) mass is 605 g/mol. The molecule has 0 aromatic heterocycles. The number of anilines is 5. The van der Waals surface area contributed by atoms with Gasteiger partial charge < -0.3 is 15.5 Å². The Balaban J connectivity index is 1.17. The Labute approximate surface area is 276 Å². The molecule has 0 fully saturated rings. The second kappa shape index (κ2) is 12.4. The average molecular weight is 606 g/mol. The van der Waals surface area contributed by atoms with Crippen LogP contribution in [0.2, 0.25) is 0 Å². The second-order valence-electron chi connectivity index (χ2n) is 12.0. The van der Waals surface area contributed by atoms with E-state index in [-0.39, 0.29) is 0 Å². The summed E-state index contributed by atoms with van der Waals surface area (Å²) in [4.78, 5) is 2.34. The molecule has 0 radical (unpaired) electrons. The maximum atomic E-state index is 3.98. The minimum atomic E-state index is -0.432. The summed E-state index contributed by atoms with van der Waals surface area (Å²) >= 11 is 0. The highest BCUT2D eigenvalue weighted by atomic mass is 15.1. The lowest BCUT2D eigenvalue weighted by molar-refractivity contribution is 0.620. The minimum Gasteiger partial charge on any atom is -0.372 e. The molecule has 0 saturated carbocycles. The molecule has 0 aliphatic heterocycles. The van der Waals surface area contributed by atoms with Gasteiger partial charge in [-0.15, -0.1) is 0 Å². The number of rotatable bonds is 8. The third-order valence-corrected chi connectivity index (χ3v) is 9.04. The van der Waals surface area contributed by atoms with Crippen molar-refractivity contribution in [2.45, 2.75) is 12.0 Å². The van der Waals surface area contributed by atoms with E-state index in [4.69, 9.17) is 0 Å². The zero-order valence-corrected chi connectivity index (χ0v) is 26.1. The van der Waals surface area contributed by atoms with Gasteiger partial charge in [0.05, 0.1) is 11.2 Å². The molecule has 1 aliphatic carbocycles. The quantitative estimate of drug-likeness (QED) is 0.180. The van der Waals surface area contributed by atoms with Gasteiger partial charge in [0, 0.05) is 33.8 Å². The van der Waals surface area contributed by atoms with E-state index in [0.29, 0.717) is 0 Å². The van der Waals surface area contributed by atoms with Crippen LogP contribution in [-0.4, -0.2) is 0 Å². The number of allylic oxidation sites excluding steroid dienone is 1. The number of nitrogens with zero attached hydrogens (tertiary/aromatic N) is 1. The van der Waals surface area contributed by atoms with Crippen LogP contribution in [0.25, 0.3) is 21.5 Å². The lowest BCUT2D eigenvalue weighted by atomic mass is 9.80. The maximum Gasteiger partial charge on any atom is 0.0854 e. The van der Waals surface area contributed by atoms with Crippen LogP contribution in [0.1, 0.15) is 12.0 Å². The van der Waals surface area contributed by atoms with Crippen LogP contribution in [0.4, 0.5) is 28.4 Å². The van der Waals surface area contributed by atoms with Crippen molar-refractivity contribution in [3.63, 3.8) is 0 Å².